The summed E-state index contributed by atoms with van der Waals surface area (Å²) in [5, 5.41) is 20.6. The van der Waals surface area contributed by atoms with Crippen LogP contribution in [0.25, 0.3) is 23.0 Å². The SMILES string of the molecule is CC(=O)N(c1ccc(C)c(C)c1)c1nc(/C=C(\C#N)c2nnc(-c3ccccc3)n2C)cs1. The van der Waals surface area contributed by atoms with Gasteiger partial charge in [0.05, 0.1) is 17.0 Å². The highest BCUT2D eigenvalue weighted by atomic mass is 32.1. The van der Waals surface area contributed by atoms with Gasteiger partial charge in [-0.15, -0.1) is 21.5 Å². The third-order valence-electron chi connectivity index (χ3n) is 5.33. The summed E-state index contributed by atoms with van der Waals surface area (Å²) in [5.41, 5.74) is 4.84. The van der Waals surface area contributed by atoms with E-state index in [1.807, 2.05) is 74.8 Å². The molecule has 2 aromatic heterocycles. The van der Waals surface area contributed by atoms with E-state index in [0.717, 1.165) is 22.4 Å². The van der Waals surface area contributed by atoms with Gasteiger partial charge >= 0.3 is 0 Å². The van der Waals surface area contributed by atoms with Crippen molar-refractivity contribution < 1.29 is 4.79 Å². The fraction of sp³-hybridized carbons (Fsp3) is 0.160. The smallest absolute Gasteiger partial charge is 0.230 e. The fourth-order valence-corrected chi connectivity index (χ4v) is 4.28. The zero-order valence-electron chi connectivity index (χ0n) is 18.8. The number of benzene rings is 2. The number of nitriles is 1. The molecular formula is C25H22N6OS. The molecular weight excluding hydrogens is 432 g/mol. The minimum Gasteiger partial charge on any atom is -0.310 e. The first-order valence-electron chi connectivity index (χ1n) is 10.3. The summed E-state index contributed by atoms with van der Waals surface area (Å²) >= 11 is 1.34. The van der Waals surface area contributed by atoms with Crippen LogP contribution in [0, 0.1) is 25.2 Å². The zero-order valence-corrected chi connectivity index (χ0v) is 19.6. The lowest BCUT2D eigenvalue weighted by Crippen LogP contribution is -2.22. The van der Waals surface area contributed by atoms with Crippen LogP contribution >= 0.6 is 11.3 Å². The molecule has 8 heteroatoms. The second kappa shape index (κ2) is 9.18. The second-order valence-corrected chi connectivity index (χ2v) is 8.46. The largest absolute Gasteiger partial charge is 0.310 e. The third-order valence-corrected chi connectivity index (χ3v) is 6.17. The van der Waals surface area contributed by atoms with Gasteiger partial charge in [0.1, 0.15) is 6.07 Å². The van der Waals surface area contributed by atoms with Gasteiger partial charge < -0.3 is 4.57 Å². The molecule has 4 rings (SSSR count). The molecule has 0 N–H and O–H groups in total. The molecule has 0 unspecified atom stereocenters. The molecule has 0 atom stereocenters. The molecule has 1 amide bonds. The molecule has 0 aliphatic carbocycles. The van der Waals surface area contributed by atoms with Gasteiger partial charge in [0.15, 0.2) is 16.8 Å². The van der Waals surface area contributed by atoms with Gasteiger partial charge in [-0.1, -0.05) is 36.4 Å². The number of amides is 1. The number of aromatic nitrogens is 4. The summed E-state index contributed by atoms with van der Waals surface area (Å²) in [6.45, 7) is 5.55. The van der Waals surface area contributed by atoms with Gasteiger partial charge in [-0.2, -0.15) is 5.26 Å². The lowest BCUT2D eigenvalue weighted by Gasteiger charge is -2.19. The fourth-order valence-electron chi connectivity index (χ4n) is 3.43. The number of nitrogens with zero attached hydrogens (tertiary/aromatic N) is 6. The van der Waals surface area contributed by atoms with Crippen molar-refractivity contribution in [3.05, 3.63) is 76.6 Å². The van der Waals surface area contributed by atoms with Crippen molar-refractivity contribution in [2.24, 2.45) is 7.05 Å². The highest BCUT2D eigenvalue weighted by molar-refractivity contribution is 7.14. The molecule has 164 valence electrons. The number of carbonyl (C=O) groups excluding carboxylic acids is 1. The maximum atomic E-state index is 12.4. The van der Waals surface area contributed by atoms with Crippen LogP contribution in [-0.2, 0) is 11.8 Å². The van der Waals surface area contributed by atoms with Crippen molar-refractivity contribution in [2.45, 2.75) is 20.8 Å². The Labute approximate surface area is 196 Å². The molecule has 2 heterocycles. The summed E-state index contributed by atoms with van der Waals surface area (Å²) in [6.07, 6.45) is 1.66. The van der Waals surface area contributed by atoms with E-state index >= 15 is 0 Å². The molecule has 0 spiro atoms. The number of rotatable bonds is 5. The summed E-state index contributed by atoms with van der Waals surface area (Å²) < 4.78 is 1.79. The van der Waals surface area contributed by atoms with E-state index in [1.165, 1.54) is 18.3 Å². The van der Waals surface area contributed by atoms with Crippen LogP contribution in [0.2, 0.25) is 0 Å². The molecule has 0 aliphatic heterocycles. The number of aryl methyl sites for hydroxylation is 2. The van der Waals surface area contributed by atoms with E-state index in [9.17, 15) is 10.1 Å². The van der Waals surface area contributed by atoms with E-state index in [4.69, 9.17) is 0 Å². The average Bonchev–Trinajstić information content (AvgIpc) is 3.41. The Morgan fingerprint density at radius 3 is 2.55 bits per heavy atom. The highest BCUT2D eigenvalue weighted by Crippen LogP contribution is 2.31. The van der Waals surface area contributed by atoms with Gasteiger partial charge in [0.25, 0.3) is 0 Å². The first-order valence-corrected chi connectivity index (χ1v) is 11.2. The van der Waals surface area contributed by atoms with Crippen LogP contribution in [0.15, 0.2) is 53.9 Å². The molecule has 0 fully saturated rings. The number of hydrogen-bond donors (Lipinski definition) is 0. The summed E-state index contributed by atoms with van der Waals surface area (Å²) in [4.78, 5) is 18.6. The van der Waals surface area contributed by atoms with Crippen molar-refractivity contribution in [3.8, 4) is 17.5 Å². The Morgan fingerprint density at radius 1 is 1.12 bits per heavy atom. The Hall–Kier alpha value is -4.09. The third kappa shape index (κ3) is 4.45. The van der Waals surface area contributed by atoms with Gasteiger partial charge in [0.2, 0.25) is 5.91 Å². The molecule has 0 bridgehead atoms. The second-order valence-electron chi connectivity index (χ2n) is 7.62. The normalized spacial score (nSPS) is 11.3. The van der Waals surface area contributed by atoms with E-state index in [0.29, 0.717) is 28.0 Å². The van der Waals surface area contributed by atoms with Crippen molar-refractivity contribution >= 4 is 39.7 Å². The minimum atomic E-state index is -0.135. The molecule has 4 aromatic rings. The van der Waals surface area contributed by atoms with E-state index in [1.54, 1.807) is 15.5 Å². The van der Waals surface area contributed by atoms with Crippen molar-refractivity contribution in [1.29, 1.82) is 5.26 Å². The Kier molecular flexibility index (Phi) is 6.16. The van der Waals surface area contributed by atoms with Crippen molar-refractivity contribution in [3.63, 3.8) is 0 Å². The maximum Gasteiger partial charge on any atom is 0.230 e. The highest BCUT2D eigenvalue weighted by Gasteiger charge is 2.19. The van der Waals surface area contributed by atoms with Crippen LogP contribution in [0.3, 0.4) is 0 Å². The molecule has 0 saturated heterocycles. The predicted molar refractivity (Wildman–Crippen MR) is 131 cm³/mol. The zero-order chi connectivity index (χ0) is 23.5. The van der Waals surface area contributed by atoms with Crippen LogP contribution in [0.1, 0.15) is 29.6 Å². The Morgan fingerprint density at radius 2 is 1.88 bits per heavy atom. The molecule has 0 radical (unpaired) electrons. The van der Waals surface area contributed by atoms with E-state index in [2.05, 4.69) is 21.3 Å². The monoisotopic (exact) mass is 454 g/mol. The number of allylic oxidation sites excluding steroid dienone is 1. The number of thiazole rings is 1. The van der Waals surface area contributed by atoms with E-state index in [-0.39, 0.29) is 5.91 Å². The number of hydrogen-bond acceptors (Lipinski definition) is 6. The lowest BCUT2D eigenvalue weighted by molar-refractivity contribution is -0.115. The topological polar surface area (TPSA) is 87.7 Å². The number of anilines is 2. The first kappa shape index (κ1) is 22.1. The Bertz CT molecular complexity index is 1390. The first-order chi connectivity index (χ1) is 15.9. The van der Waals surface area contributed by atoms with Crippen LogP contribution < -0.4 is 4.90 Å². The van der Waals surface area contributed by atoms with Crippen LogP contribution in [-0.4, -0.2) is 25.7 Å². The van der Waals surface area contributed by atoms with Crippen LogP contribution in [0.5, 0.6) is 0 Å². The van der Waals surface area contributed by atoms with Crippen molar-refractivity contribution in [2.75, 3.05) is 4.90 Å². The van der Waals surface area contributed by atoms with Gasteiger partial charge in [-0.05, 0) is 43.2 Å². The quantitative estimate of drug-likeness (QED) is 0.382. The molecule has 2 aromatic carbocycles. The average molecular weight is 455 g/mol. The molecule has 0 aliphatic rings. The molecule has 7 nitrogen and oxygen atoms in total. The summed E-state index contributed by atoms with van der Waals surface area (Å²) in [5.74, 6) is 0.983. The Balaban J connectivity index is 1.68. The summed E-state index contributed by atoms with van der Waals surface area (Å²) in [6, 6.07) is 17.7. The lowest BCUT2D eigenvalue weighted by atomic mass is 10.1. The van der Waals surface area contributed by atoms with Gasteiger partial charge in [-0.3, -0.25) is 9.69 Å². The number of carbonyl (C=O) groups is 1. The van der Waals surface area contributed by atoms with Gasteiger partial charge in [0, 0.05) is 24.9 Å². The van der Waals surface area contributed by atoms with Crippen LogP contribution in [0.4, 0.5) is 10.8 Å². The molecule has 33 heavy (non-hydrogen) atoms. The standard InChI is InChI=1S/C25H22N6OS/c1-16-10-11-22(12-17(16)2)31(18(3)32)25-27-21(15-33-25)13-20(14-26)24-29-28-23(30(24)4)19-8-6-5-7-9-19/h5-13,15H,1-4H3/b20-13+. The maximum absolute atomic E-state index is 12.4. The summed E-state index contributed by atoms with van der Waals surface area (Å²) in [7, 11) is 1.83. The molecule has 0 saturated carbocycles. The van der Waals surface area contributed by atoms with E-state index < -0.39 is 0 Å². The minimum absolute atomic E-state index is 0.135. The predicted octanol–water partition coefficient (Wildman–Crippen LogP) is 5.30. The van der Waals surface area contributed by atoms with Gasteiger partial charge in [-0.25, -0.2) is 4.98 Å². The van der Waals surface area contributed by atoms with Crippen molar-refractivity contribution in [1.82, 2.24) is 19.7 Å².